The molecule has 0 atom stereocenters. The average molecular weight is 166 g/mol. The van der Waals surface area contributed by atoms with Gasteiger partial charge in [-0.2, -0.15) is 0 Å². The van der Waals surface area contributed by atoms with Gasteiger partial charge < -0.3 is 0 Å². The van der Waals surface area contributed by atoms with E-state index in [1.54, 1.807) is 12.2 Å². The van der Waals surface area contributed by atoms with E-state index < -0.39 is 0 Å². The lowest BCUT2D eigenvalue weighted by Crippen LogP contribution is -1.80. The van der Waals surface area contributed by atoms with Crippen LogP contribution in [-0.4, -0.2) is 0 Å². The van der Waals surface area contributed by atoms with Crippen LogP contribution in [0.5, 0.6) is 0 Å². The summed E-state index contributed by atoms with van der Waals surface area (Å²) in [6.45, 7) is 10.8. The zero-order valence-corrected chi connectivity index (χ0v) is 7.54. The van der Waals surface area contributed by atoms with Crippen molar-refractivity contribution in [2.75, 3.05) is 0 Å². The summed E-state index contributed by atoms with van der Waals surface area (Å²) in [7, 11) is 0. The lowest BCUT2D eigenvalue weighted by Gasteiger charge is -1.96. The summed E-state index contributed by atoms with van der Waals surface area (Å²) < 4.78 is 0. The van der Waals surface area contributed by atoms with Gasteiger partial charge in [-0.15, -0.1) is 0 Å². The number of rotatable bonds is 5. The van der Waals surface area contributed by atoms with Gasteiger partial charge in [0, 0.05) is 0 Å². The molecule has 0 radical (unpaired) electrons. The van der Waals surface area contributed by atoms with Crippen molar-refractivity contribution in [1.29, 1.82) is 0 Å². The number of hydrogen-bond acceptors (Lipinski definition) is 2. The van der Waals surface area contributed by atoms with Crippen molar-refractivity contribution in [2.45, 2.75) is 13.8 Å². The Kier molecular flexibility index (Phi) is 5.53. The number of allylic oxidation sites excluding steroid dienone is 4. The van der Waals surface area contributed by atoms with Crippen LogP contribution in [0.1, 0.15) is 13.8 Å². The van der Waals surface area contributed by atoms with Crippen molar-refractivity contribution in [3.8, 4) is 0 Å². The van der Waals surface area contributed by atoms with E-state index in [0.29, 0.717) is 0 Å². The van der Waals surface area contributed by atoms with Gasteiger partial charge in [0.2, 0.25) is 0 Å². The highest BCUT2D eigenvalue weighted by molar-refractivity contribution is 5.10. The van der Waals surface area contributed by atoms with E-state index in [0.717, 1.165) is 11.1 Å². The van der Waals surface area contributed by atoms with E-state index in [4.69, 9.17) is 9.78 Å². The van der Waals surface area contributed by atoms with Crippen LogP contribution in [-0.2, 0) is 9.78 Å². The molecule has 0 aliphatic heterocycles. The van der Waals surface area contributed by atoms with Crippen molar-refractivity contribution >= 4 is 0 Å². The molecule has 12 heavy (non-hydrogen) atoms. The summed E-state index contributed by atoms with van der Waals surface area (Å²) in [5, 5.41) is 0. The molecule has 2 nitrogen and oxygen atoms in total. The molecule has 2 heteroatoms. The summed E-state index contributed by atoms with van der Waals surface area (Å²) in [5.41, 5.74) is 1.80. The largest absolute Gasteiger partial charge is 0.298 e. The van der Waals surface area contributed by atoms with E-state index in [-0.39, 0.29) is 0 Å². The second-order valence-corrected chi connectivity index (χ2v) is 2.32. The molecule has 0 spiro atoms. The quantitative estimate of drug-likeness (QED) is 0.205. The van der Waals surface area contributed by atoms with Crippen LogP contribution < -0.4 is 0 Å². The summed E-state index contributed by atoms with van der Waals surface area (Å²) in [5.74, 6) is 0. The Morgan fingerprint density at radius 1 is 0.917 bits per heavy atom. The van der Waals surface area contributed by atoms with Gasteiger partial charge in [0.15, 0.2) is 0 Å². The molecule has 0 bridgehead atoms. The van der Waals surface area contributed by atoms with E-state index in [1.807, 2.05) is 13.8 Å². The van der Waals surface area contributed by atoms with E-state index >= 15 is 0 Å². The summed E-state index contributed by atoms with van der Waals surface area (Å²) in [6, 6.07) is 0. The Morgan fingerprint density at radius 2 is 1.25 bits per heavy atom. The Labute approximate surface area is 73.4 Å². The van der Waals surface area contributed by atoms with Gasteiger partial charge in [-0.1, -0.05) is 25.3 Å². The third-order valence-corrected chi connectivity index (χ3v) is 1.17. The maximum absolute atomic E-state index is 4.70. The summed E-state index contributed by atoms with van der Waals surface area (Å²) >= 11 is 0. The first-order valence-corrected chi connectivity index (χ1v) is 3.61. The van der Waals surface area contributed by atoms with Crippen LogP contribution in [0.3, 0.4) is 0 Å². The highest BCUT2D eigenvalue weighted by atomic mass is 17.2. The molecular weight excluding hydrogens is 152 g/mol. The number of hydrogen-bond donors (Lipinski definition) is 0. The minimum atomic E-state index is 0.902. The molecule has 0 rings (SSSR count). The maximum atomic E-state index is 4.70. The Hall–Kier alpha value is -1.44. The molecule has 0 heterocycles. The van der Waals surface area contributed by atoms with Crippen LogP contribution in [0.4, 0.5) is 0 Å². The molecule has 66 valence electrons. The van der Waals surface area contributed by atoms with Crippen molar-refractivity contribution in [1.82, 2.24) is 0 Å². The first kappa shape index (κ1) is 10.6. The van der Waals surface area contributed by atoms with Crippen molar-refractivity contribution < 1.29 is 9.78 Å². The van der Waals surface area contributed by atoms with Gasteiger partial charge in [-0.05, 0) is 25.0 Å². The first-order valence-electron chi connectivity index (χ1n) is 3.61. The lowest BCUT2D eigenvalue weighted by atomic mass is 10.3. The van der Waals surface area contributed by atoms with Gasteiger partial charge in [-0.25, -0.2) is 0 Å². The minimum absolute atomic E-state index is 0.902. The second kappa shape index (κ2) is 6.28. The summed E-state index contributed by atoms with van der Waals surface area (Å²) in [6.07, 6.45) is 6.29. The van der Waals surface area contributed by atoms with Gasteiger partial charge in [-0.3, -0.25) is 9.78 Å². The predicted molar refractivity (Wildman–Crippen MR) is 50.1 cm³/mol. The molecule has 0 fully saturated rings. The second-order valence-electron chi connectivity index (χ2n) is 2.32. The maximum Gasteiger partial charge on any atom is 0.145 e. The topological polar surface area (TPSA) is 18.5 Å². The fourth-order valence-corrected chi connectivity index (χ4v) is 0.304. The van der Waals surface area contributed by atoms with E-state index in [1.165, 1.54) is 12.5 Å². The van der Waals surface area contributed by atoms with Crippen LogP contribution in [0.25, 0.3) is 0 Å². The smallest absolute Gasteiger partial charge is 0.145 e. The fraction of sp³-hybridized carbons (Fsp3) is 0.200. The average Bonchev–Trinajstić information content (AvgIpc) is 2.11. The van der Waals surface area contributed by atoms with Crippen molar-refractivity contribution in [3.05, 3.63) is 49.0 Å². The zero-order chi connectivity index (χ0) is 9.40. The lowest BCUT2D eigenvalue weighted by molar-refractivity contribution is -0.196. The normalized spacial score (nSPS) is 12.2. The Bertz CT molecular complexity index is 188. The highest BCUT2D eigenvalue weighted by Gasteiger charge is 1.82. The molecule has 0 aliphatic carbocycles. The first-order chi connectivity index (χ1) is 5.70. The van der Waals surface area contributed by atoms with Gasteiger partial charge >= 0.3 is 0 Å². The summed E-state index contributed by atoms with van der Waals surface area (Å²) in [4.78, 5) is 9.40. The SMILES string of the molecule is C=CC(C)=COOC=C(C)C=C. The van der Waals surface area contributed by atoms with Crippen LogP contribution in [0.15, 0.2) is 49.0 Å². The standard InChI is InChI=1S/C10H14O2/c1-5-9(3)7-11-12-8-10(4)6-2/h5-8H,1-2H2,3-4H3. The Balaban J connectivity index is 3.71. The molecule has 0 N–H and O–H groups in total. The van der Waals surface area contributed by atoms with Crippen LogP contribution in [0.2, 0.25) is 0 Å². The molecular formula is C10H14O2. The predicted octanol–water partition coefficient (Wildman–Crippen LogP) is 3.11. The molecule has 0 aromatic rings. The van der Waals surface area contributed by atoms with Gasteiger partial charge in [0.25, 0.3) is 0 Å². The highest BCUT2D eigenvalue weighted by Crippen LogP contribution is 1.97. The van der Waals surface area contributed by atoms with E-state index in [9.17, 15) is 0 Å². The molecule has 0 unspecified atom stereocenters. The fourth-order valence-electron chi connectivity index (χ4n) is 0.304. The molecule has 0 aromatic carbocycles. The van der Waals surface area contributed by atoms with Gasteiger partial charge in [0.05, 0.1) is 0 Å². The molecule has 0 saturated heterocycles. The molecule has 0 saturated carbocycles. The van der Waals surface area contributed by atoms with Crippen LogP contribution in [0, 0.1) is 0 Å². The van der Waals surface area contributed by atoms with Crippen LogP contribution >= 0.6 is 0 Å². The van der Waals surface area contributed by atoms with E-state index in [2.05, 4.69) is 13.2 Å². The Morgan fingerprint density at radius 3 is 1.50 bits per heavy atom. The van der Waals surface area contributed by atoms with Gasteiger partial charge in [0.1, 0.15) is 12.5 Å². The molecule has 0 aliphatic rings. The molecule has 0 amide bonds. The molecule has 0 aromatic heterocycles. The third kappa shape index (κ3) is 5.35. The van der Waals surface area contributed by atoms with Crippen molar-refractivity contribution in [2.24, 2.45) is 0 Å². The monoisotopic (exact) mass is 166 g/mol. The minimum Gasteiger partial charge on any atom is -0.298 e. The van der Waals surface area contributed by atoms with Crippen molar-refractivity contribution in [3.63, 3.8) is 0 Å². The zero-order valence-electron chi connectivity index (χ0n) is 7.54. The third-order valence-electron chi connectivity index (χ3n) is 1.17.